The SMILES string of the molecule is Cc1ccc2c(c1C)N(CCCCO)C(=O)C2N. The van der Waals surface area contributed by atoms with E-state index in [2.05, 4.69) is 0 Å². The zero-order chi connectivity index (χ0) is 13.3. The summed E-state index contributed by atoms with van der Waals surface area (Å²) in [4.78, 5) is 13.9. The fourth-order valence-corrected chi connectivity index (χ4v) is 2.45. The van der Waals surface area contributed by atoms with Gasteiger partial charge < -0.3 is 15.7 Å². The van der Waals surface area contributed by atoms with E-state index in [0.29, 0.717) is 13.0 Å². The summed E-state index contributed by atoms with van der Waals surface area (Å²) in [6.45, 7) is 4.85. The van der Waals surface area contributed by atoms with Crippen molar-refractivity contribution in [3.63, 3.8) is 0 Å². The summed E-state index contributed by atoms with van der Waals surface area (Å²) in [6, 6.07) is 3.43. The number of anilines is 1. The summed E-state index contributed by atoms with van der Waals surface area (Å²) < 4.78 is 0. The molecular weight excluding hydrogens is 228 g/mol. The lowest BCUT2D eigenvalue weighted by Gasteiger charge is -2.20. The summed E-state index contributed by atoms with van der Waals surface area (Å²) in [5.74, 6) is -0.0309. The van der Waals surface area contributed by atoms with Gasteiger partial charge in [-0.15, -0.1) is 0 Å². The molecule has 0 fully saturated rings. The Morgan fingerprint density at radius 3 is 2.72 bits per heavy atom. The first-order valence-electron chi connectivity index (χ1n) is 6.36. The number of hydrogen-bond donors (Lipinski definition) is 2. The Morgan fingerprint density at radius 1 is 1.33 bits per heavy atom. The van der Waals surface area contributed by atoms with Crippen molar-refractivity contribution in [2.24, 2.45) is 5.73 Å². The van der Waals surface area contributed by atoms with Gasteiger partial charge in [0.05, 0.1) is 5.69 Å². The molecule has 0 radical (unpaired) electrons. The number of benzene rings is 1. The first-order chi connectivity index (χ1) is 8.57. The Labute approximate surface area is 107 Å². The number of hydrogen-bond acceptors (Lipinski definition) is 3. The lowest BCUT2D eigenvalue weighted by atomic mass is 10.0. The van der Waals surface area contributed by atoms with Crippen molar-refractivity contribution in [1.29, 1.82) is 0 Å². The number of carbonyl (C=O) groups is 1. The first kappa shape index (κ1) is 13.1. The van der Waals surface area contributed by atoms with E-state index in [1.165, 1.54) is 5.56 Å². The third-order valence-corrected chi connectivity index (χ3v) is 3.66. The smallest absolute Gasteiger partial charge is 0.248 e. The molecule has 0 saturated heterocycles. The lowest BCUT2D eigenvalue weighted by Crippen LogP contribution is -2.32. The fraction of sp³-hybridized carbons (Fsp3) is 0.500. The molecule has 1 heterocycles. The molecule has 0 bridgehead atoms. The highest BCUT2D eigenvalue weighted by Crippen LogP contribution is 2.38. The van der Waals surface area contributed by atoms with E-state index >= 15 is 0 Å². The van der Waals surface area contributed by atoms with Gasteiger partial charge in [-0.25, -0.2) is 0 Å². The summed E-state index contributed by atoms with van der Waals surface area (Å²) in [5, 5.41) is 8.82. The number of nitrogens with two attached hydrogens (primary N) is 1. The van der Waals surface area contributed by atoms with Gasteiger partial charge in [-0.05, 0) is 37.8 Å². The Bertz CT molecular complexity index is 471. The minimum absolute atomic E-state index is 0.0309. The van der Waals surface area contributed by atoms with Crippen molar-refractivity contribution in [3.8, 4) is 0 Å². The van der Waals surface area contributed by atoms with E-state index in [1.54, 1.807) is 4.90 Å². The van der Waals surface area contributed by atoms with Gasteiger partial charge in [-0.1, -0.05) is 12.1 Å². The number of rotatable bonds is 4. The van der Waals surface area contributed by atoms with Crippen LogP contribution in [0.3, 0.4) is 0 Å². The molecule has 3 N–H and O–H groups in total. The first-order valence-corrected chi connectivity index (χ1v) is 6.36. The van der Waals surface area contributed by atoms with E-state index < -0.39 is 6.04 Å². The Balaban J connectivity index is 2.34. The van der Waals surface area contributed by atoms with Crippen molar-refractivity contribution in [3.05, 3.63) is 28.8 Å². The molecule has 4 heteroatoms. The van der Waals surface area contributed by atoms with Gasteiger partial charge in [0.2, 0.25) is 5.91 Å². The van der Waals surface area contributed by atoms with Crippen LogP contribution in [-0.2, 0) is 4.79 Å². The fourth-order valence-electron chi connectivity index (χ4n) is 2.45. The molecule has 0 spiro atoms. The van der Waals surface area contributed by atoms with Gasteiger partial charge in [-0.2, -0.15) is 0 Å². The highest BCUT2D eigenvalue weighted by molar-refractivity contribution is 6.05. The van der Waals surface area contributed by atoms with Crippen molar-refractivity contribution in [2.45, 2.75) is 32.7 Å². The molecule has 1 aromatic carbocycles. The number of unbranched alkanes of at least 4 members (excludes halogenated alkanes) is 1. The van der Waals surface area contributed by atoms with Gasteiger partial charge in [0.15, 0.2) is 0 Å². The predicted octanol–water partition coefficient (Wildman–Crippen LogP) is 1.42. The Morgan fingerprint density at radius 2 is 2.06 bits per heavy atom. The third kappa shape index (κ3) is 2.02. The molecule has 1 atom stereocenters. The van der Waals surface area contributed by atoms with Crippen LogP contribution in [0.4, 0.5) is 5.69 Å². The number of carbonyl (C=O) groups excluding carboxylic acids is 1. The van der Waals surface area contributed by atoms with Crippen molar-refractivity contribution < 1.29 is 9.90 Å². The van der Waals surface area contributed by atoms with Crippen LogP contribution in [0.15, 0.2) is 12.1 Å². The molecule has 1 aromatic rings. The number of aryl methyl sites for hydroxylation is 1. The molecule has 0 aromatic heterocycles. The van der Waals surface area contributed by atoms with Crippen molar-refractivity contribution >= 4 is 11.6 Å². The van der Waals surface area contributed by atoms with E-state index in [1.807, 2.05) is 26.0 Å². The van der Waals surface area contributed by atoms with Crippen LogP contribution in [-0.4, -0.2) is 24.2 Å². The van der Waals surface area contributed by atoms with Crippen LogP contribution in [0.1, 0.15) is 35.6 Å². The van der Waals surface area contributed by atoms with E-state index in [-0.39, 0.29) is 12.5 Å². The minimum Gasteiger partial charge on any atom is -0.396 e. The Kier molecular flexibility index (Phi) is 3.68. The van der Waals surface area contributed by atoms with Crippen LogP contribution < -0.4 is 10.6 Å². The van der Waals surface area contributed by atoms with Gasteiger partial charge in [-0.3, -0.25) is 4.79 Å². The maximum Gasteiger partial charge on any atom is 0.248 e. The monoisotopic (exact) mass is 248 g/mol. The van der Waals surface area contributed by atoms with Gasteiger partial charge in [0.25, 0.3) is 0 Å². The molecule has 0 aliphatic carbocycles. The average molecular weight is 248 g/mol. The predicted molar refractivity (Wildman–Crippen MR) is 71.5 cm³/mol. The topological polar surface area (TPSA) is 66.6 Å². The quantitative estimate of drug-likeness (QED) is 0.792. The molecule has 98 valence electrons. The zero-order valence-electron chi connectivity index (χ0n) is 10.9. The number of aliphatic hydroxyl groups is 1. The minimum atomic E-state index is -0.534. The Hall–Kier alpha value is -1.39. The summed E-state index contributed by atoms with van der Waals surface area (Å²) >= 11 is 0. The summed E-state index contributed by atoms with van der Waals surface area (Å²) in [6.07, 6.45) is 1.50. The number of nitrogens with zero attached hydrogens (tertiary/aromatic N) is 1. The average Bonchev–Trinajstić information content (AvgIpc) is 2.60. The second-order valence-corrected chi connectivity index (χ2v) is 4.84. The van der Waals surface area contributed by atoms with Gasteiger partial charge >= 0.3 is 0 Å². The lowest BCUT2D eigenvalue weighted by molar-refractivity contribution is -0.119. The van der Waals surface area contributed by atoms with E-state index in [0.717, 1.165) is 23.2 Å². The van der Waals surface area contributed by atoms with Gasteiger partial charge in [0, 0.05) is 18.7 Å². The van der Waals surface area contributed by atoms with Crippen LogP contribution in [0, 0.1) is 13.8 Å². The van der Waals surface area contributed by atoms with Crippen LogP contribution in [0.2, 0.25) is 0 Å². The maximum absolute atomic E-state index is 12.2. The van der Waals surface area contributed by atoms with Crippen molar-refractivity contribution in [1.82, 2.24) is 0 Å². The molecule has 1 amide bonds. The summed E-state index contributed by atoms with van der Waals surface area (Å²) in [5.41, 5.74) is 10.2. The molecule has 0 saturated carbocycles. The molecule has 1 aliphatic rings. The highest BCUT2D eigenvalue weighted by Gasteiger charge is 2.35. The van der Waals surface area contributed by atoms with Crippen LogP contribution in [0.25, 0.3) is 0 Å². The van der Waals surface area contributed by atoms with Crippen LogP contribution in [0.5, 0.6) is 0 Å². The number of amides is 1. The molecule has 2 rings (SSSR count). The third-order valence-electron chi connectivity index (χ3n) is 3.66. The molecule has 1 aliphatic heterocycles. The highest BCUT2D eigenvalue weighted by atomic mass is 16.3. The zero-order valence-corrected chi connectivity index (χ0v) is 10.9. The van der Waals surface area contributed by atoms with Crippen molar-refractivity contribution in [2.75, 3.05) is 18.1 Å². The molecule has 1 unspecified atom stereocenters. The van der Waals surface area contributed by atoms with Gasteiger partial charge in [0.1, 0.15) is 6.04 Å². The van der Waals surface area contributed by atoms with E-state index in [4.69, 9.17) is 10.8 Å². The summed E-state index contributed by atoms with van der Waals surface area (Å²) in [7, 11) is 0. The number of fused-ring (bicyclic) bond motifs is 1. The molecular formula is C14H20N2O2. The second-order valence-electron chi connectivity index (χ2n) is 4.84. The largest absolute Gasteiger partial charge is 0.396 e. The molecule has 4 nitrogen and oxygen atoms in total. The molecule has 18 heavy (non-hydrogen) atoms. The number of aliphatic hydroxyl groups excluding tert-OH is 1. The maximum atomic E-state index is 12.2. The second kappa shape index (κ2) is 5.08. The standard InChI is InChI=1S/C14H20N2O2/c1-9-5-6-11-12(15)14(18)16(7-3-4-8-17)13(11)10(9)2/h5-6,12,17H,3-4,7-8,15H2,1-2H3. The van der Waals surface area contributed by atoms with E-state index in [9.17, 15) is 4.79 Å². The normalized spacial score (nSPS) is 18.3. The van der Waals surface area contributed by atoms with Crippen LogP contribution >= 0.6 is 0 Å².